The Balaban J connectivity index is 2.35. The lowest BCUT2D eigenvalue weighted by Gasteiger charge is -2.28. The summed E-state index contributed by atoms with van der Waals surface area (Å²) in [6.07, 6.45) is -1.02. The van der Waals surface area contributed by atoms with Gasteiger partial charge in [0.25, 0.3) is 0 Å². The summed E-state index contributed by atoms with van der Waals surface area (Å²) in [4.78, 5) is 25.4. The van der Waals surface area contributed by atoms with Crippen LogP contribution >= 0.6 is 0 Å². The summed E-state index contributed by atoms with van der Waals surface area (Å²) in [5, 5.41) is 10.9. The van der Waals surface area contributed by atoms with E-state index < -0.39 is 40.9 Å². The van der Waals surface area contributed by atoms with Crippen molar-refractivity contribution in [3.05, 3.63) is 35.4 Å². The topological polar surface area (TPSA) is 76.1 Å². The second-order valence-electron chi connectivity index (χ2n) is 7.01. The number of carbonyl (C=O) groups is 2. The second kappa shape index (κ2) is 6.59. The molecule has 0 saturated carbocycles. The lowest BCUT2D eigenvalue weighted by atomic mass is 9.91. The first kappa shape index (κ1) is 19.1. The molecule has 0 unspecified atom stereocenters. The SMILES string of the molecule is COC(=O)[C@@H]1C[C@@](O)(c2ccc(F)c(F)c2)CN1C(=O)OC(C)(C)C. The molecule has 1 N–H and O–H groups in total. The smallest absolute Gasteiger partial charge is 0.411 e. The largest absolute Gasteiger partial charge is 0.467 e. The highest BCUT2D eigenvalue weighted by atomic mass is 19.2. The average molecular weight is 357 g/mol. The molecule has 6 nitrogen and oxygen atoms in total. The predicted octanol–water partition coefficient (Wildman–Crippen LogP) is 2.33. The van der Waals surface area contributed by atoms with Crippen LogP contribution in [0.3, 0.4) is 0 Å². The van der Waals surface area contributed by atoms with Gasteiger partial charge in [0.05, 0.1) is 13.7 Å². The molecular weight excluding hydrogens is 336 g/mol. The fraction of sp³-hybridized carbons (Fsp3) is 0.529. The first-order valence-electron chi connectivity index (χ1n) is 7.72. The third-order valence-electron chi connectivity index (χ3n) is 3.90. The molecule has 25 heavy (non-hydrogen) atoms. The van der Waals surface area contributed by atoms with Crippen LogP contribution in [0.2, 0.25) is 0 Å². The summed E-state index contributed by atoms with van der Waals surface area (Å²) in [6, 6.07) is 1.84. The van der Waals surface area contributed by atoms with Crippen LogP contribution in [0.25, 0.3) is 0 Å². The number of rotatable bonds is 2. The third-order valence-corrected chi connectivity index (χ3v) is 3.90. The van der Waals surface area contributed by atoms with Crippen molar-refractivity contribution < 1.29 is 33.0 Å². The Morgan fingerprint density at radius 3 is 2.44 bits per heavy atom. The van der Waals surface area contributed by atoms with E-state index in [1.54, 1.807) is 20.8 Å². The first-order valence-corrected chi connectivity index (χ1v) is 7.72. The number of benzene rings is 1. The molecule has 2 rings (SSSR count). The number of ether oxygens (including phenoxy) is 2. The normalized spacial score (nSPS) is 23.5. The molecule has 138 valence electrons. The molecule has 0 aromatic heterocycles. The number of hydrogen-bond acceptors (Lipinski definition) is 5. The second-order valence-corrected chi connectivity index (χ2v) is 7.01. The quantitative estimate of drug-likeness (QED) is 0.822. The van der Waals surface area contributed by atoms with Gasteiger partial charge in [0.2, 0.25) is 0 Å². The number of likely N-dealkylation sites (tertiary alicyclic amines) is 1. The zero-order valence-corrected chi connectivity index (χ0v) is 14.5. The first-order chi connectivity index (χ1) is 11.5. The van der Waals surface area contributed by atoms with Gasteiger partial charge in [-0.1, -0.05) is 6.07 Å². The molecule has 0 spiro atoms. The number of methoxy groups -OCH3 is 1. The number of β-amino-alcohol motifs (C(OH)–C–C–N with tert-alkyl or cyclic N) is 1. The number of nitrogens with zero attached hydrogens (tertiary/aromatic N) is 1. The number of hydrogen-bond donors (Lipinski definition) is 1. The molecule has 0 aliphatic carbocycles. The number of esters is 1. The van der Waals surface area contributed by atoms with E-state index in [9.17, 15) is 23.5 Å². The van der Waals surface area contributed by atoms with E-state index in [1.807, 2.05) is 0 Å². The number of carbonyl (C=O) groups excluding carboxylic acids is 2. The zero-order chi connectivity index (χ0) is 19.0. The van der Waals surface area contributed by atoms with E-state index in [1.165, 1.54) is 6.07 Å². The van der Waals surface area contributed by atoms with Crippen molar-refractivity contribution in [2.45, 2.75) is 44.4 Å². The lowest BCUT2D eigenvalue weighted by molar-refractivity contribution is -0.145. The summed E-state index contributed by atoms with van der Waals surface area (Å²) in [6.45, 7) is 4.67. The predicted molar refractivity (Wildman–Crippen MR) is 83.6 cm³/mol. The lowest BCUT2D eigenvalue weighted by Crippen LogP contribution is -2.44. The van der Waals surface area contributed by atoms with Gasteiger partial charge >= 0.3 is 12.1 Å². The molecule has 1 aromatic carbocycles. The Labute approximate surface area is 144 Å². The molecule has 1 amide bonds. The van der Waals surface area contributed by atoms with Crippen molar-refractivity contribution in [3.8, 4) is 0 Å². The minimum atomic E-state index is -1.73. The van der Waals surface area contributed by atoms with Gasteiger partial charge in [-0.2, -0.15) is 0 Å². The maximum absolute atomic E-state index is 13.5. The highest BCUT2D eigenvalue weighted by Crippen LogP contribution is 2.37. The van der Waals surface area contributed by atoms with E-state index in [0.29, 0.717) is 0 Å². The molecule has 8 heteroatoms. The highest BCUT2D eigenvalue weighted by Gasteiger charge is 2.50. The van der Waals surface area contributed by atoms with Crippen molar-refractivity contribution in [1.82, 2.24) is 4.90 Å². The summed E-state index contributed by atoms with van der Waals surface area (Å²) in [5.74, 6) is -2.92. The summed E-state index contributed by atoms with van der Waals surface area (Å²) in [5.41, 5.74) is -2.48. The summed E-state index contributed by atoms with van der Waals surface area (Å²) in [7, 11) is 1.16. The number of aliphatic hydroxyl groups is 1. The van der Waals surface area contributed by atoms with E-state index >= 15 is 0 Å². The highest BCUT2D eigenvalue weighted by molar-refractivity contribution is 5.82. The van der Waals surface area contributed by atoms with Crippen molar-refractivity contribution in [3.63, 3.8) is 0 Å². The molecule has 1 heterocycles. The van der Waals surface area contributed by atoms with Crippen LogP contribution in [0.15, 0.2) is 18.2 Å². The van der Waals surface area contributed by atoms with Gasteiger partial charge in [0.15, 0.2) is 11.6 Å². The summed E-state index contributed by atoms with van der Waals surface area (Å²) < 4.78 is 36.6. The van der Waals surface area contributed by atoms with E-state index in [2.05, 4.69) is 4.74 Å². The standard InChI is InChI=1S/C17H21F2NO5/c1-16(2,3)25-15(22)20-9-17(23,8-13(20)14(21)24-4)10-5-6-11(18)12(19)7-10/h5-7,13,23H,8-9H2,1-4H3/t13-,17-/m0/s1. The Hall–Kier alpha value is -2.22. The fourth-order valence-corrected chi connectivity index (χ4v) is 2.74. The Morgan fingerprint density at radius 1 is 1.28 bits per heavy atom. The van der Waals surface area contributed by atoms with Gasteiger partial charge < -0.3 is 14.6 Å². The minimum absolute atomic E-state index is 0.0614. The monoisotopic (exact) mass is 357 g/mol. The molecular formula is C17H21F2NO5. The van der Waals surface area contributed by atoms with Gasteiger partial charge in [-0.05, 0) is 38.5 Å². The molecule has 0 radical (unpaired) electrons. The zero-order valence-electron chi connectivity index (χ0n) is 14.5. The van der Waals surface area contributed by atoms with Gasteiger partial charge in [-0.3, -0.25) is 4.90 Å². The summed E-state index contributed by atoms with van der Waals surface area (Å²) >= 11 is 0. The average Bonchev–Trinajstić information content (AvgIpc) is 2.87. The number of halogens is 2. The van der Waals surface area contributed by atoms with Crippen molar-refractivity contribution >= 4 is 12.1 Å². The van der Waals surface area contributed by atoms with E-state index in [4.69, 9.17) is 4.74 Å². The van der Waals surface area contributed by atoms with Crippen LogP contribution in [-0.4, -0.2) is 47.4 Å². The minimum Gasteiger partial charge on any atom is -0.467 e. The van der Waals surface area contributed by atoms with Crippen LogP contribution in [0.1, 0.15) is 32.8 Å². The van der Waals surface area contributed by atoms with E-state index in [-0.39, 0.29) is 18.5 Å². The van der Waals surface area contributed by atoms with Gasteiger partial charge in [-0.15, -0.1) is 0 Å². The van der Waals surface area contributed by atoms with E-state index in [0.717, 1.165) is 24.1 Å². The van der Waals surface area contributed by atoms with Gasteiger partial charge in [-0.25, -0.2) is 18.4 Å². The van der Waals surface area contributed by atoms with Crippen LogP contribution in [0.5, 0.6) is 0 Å². The Kier molecular flexibility index (Phi) is 5.04. The third kappa shape index (κ3) is 4.07. The van der Waals surface area contributed by atoms with Crippen LogP contribution < -0.4 is 0 Å². The molecule has 1 aliphatic rings. The van der Waals surface area contributed by atoms with Crippen molar-refractivity contribution in [1.29, 1.82) is 0 Å². The molecule has 0 bridgehead atoms. The number of amides is 1. The molecule has 1 aliphatic heterocycles. The maximum atomic E-state index is 13.5. The Bertz CT molecular complexity index is 688. The molecule has 1 saturated heterocycles. The van der Waals surface area contributed by atoms with Crippen LogP contribution in [-0.2, 0) is 19.9 Å². The van der Waals surface area contributed by atoms with Crippen molar-refractivity contribution in [2.75, 3.05) is 13.7 Å². The van der Waals surface area contributed by atoms with Crippen molar-refractivity contribution in [2.24, 2.45) is 0 Å². The molecule has 1 aromatic rings. The maximum Gasteiger partial charge on any atom is 0.411 e. The Morgan fingerprint density at radius 2 is 1.92 bits per heavy atom. The van der Waals surface area contributed by atoms with Gasteiger partial charge in [0, 0.05) is 6.42 Å². The molecule has 1 fully saturated rings. The van der Waals surface area contributed by atoms with Crippen LogP contribution in [0.4, 0.5) is 13.6 Å². The fourth-order valence-electron chi connectivity index (χ4n) is 2.74. The van der Waals surface area contributed by atoms with Gasteiger partial charge in [0.1, 0.15) is 17.2 Å². The van der Waals surface area contributed by atoms with Crippen LogP contribution in [0, 0.1) is 11.6 Å². The molecule has 2 atom stereocenters.